The van der Waals surface area contributed by atoms with Crippen molar-refractivity contribution in [3.8, 4) is 0 Å². The summed E-state index contributed by atoms with van der Waals surface area (Å²) in [7, 11) is 1.72. The third-order valence-electron chi connectivity index (χ3n) is 5.54. The number of aromatic nitrogens is 2. The number of halogens is 1. The fraction of sp³-hybridized carbons (Fsp3) is 0.346. The molecule has 3 aromatic rings. The van der Waals surface area contributed by atoms with Gasteiger partial charge in [0.05, 0.1) is 6.61 Å². The highest BCUT2D eigenvalue weighted by molar-refractivity contribution is 6.30. The SMILES string of the molecule is CCOCCN(C)C(=O)c1c(NC=O)nc(CCc2cccc(C)c2)n1Cc1ccc(Cl)cc1. The predicted molar refractivity (Wildman–Crippen MR) is 135 cm³/mol. The van der Waals surface area contributed by atoms with Gasteiger partial charge in [0.15, 0.2) is 11.5 Å². The summed E-state index contributed by atoms with van der Waals surface area (Å²) in [5.74, 6) is 0.756. The van der Waals surface area contributed by atoms with E-state index in [0.29, 0.717) is 49.9 Å². The summed E-state index contributed by atoms with van der Waals surface area (Å²) in [6.07, 6.45) is 1.92. The van der Waals surface area contributed by atoms with Crippen LogP contribution in [0.1, 0.15) is 39.9 Å². The molecule has 0 unspecified atom stereocenters. The number of nitrogens with zero attached hydrogens (tertiary/aromatic N) is 3. The third kappa shape index (κ3) is 6.68. The highest BCUT2D eigenvalue weighted by Crippen LogP contribution is 2.23. The van der Waals surface area contributed by atoms with Crippen LogP contribution in [0, 0.1) is 6.92 Å². The van der Waals surface area contributed by atoms with Crippen molar-refractivity contribution in [3.63, 3.8) is 0 Å². The van der Waals surface area contributed by atoms with Crippen molar-refractivity contribution in [3.05, 3.63) is 81.8 Å². The number of rotatable bonds is 12. The van der Waals surface area contributed by atoms with Crippen LogP contribution in [0.5, 0.6) is 0 Å². The Hall–Kier alpha value is -3.16. The smallest absolute Gasteiger partial charge is 0.274 e. The van der Waals surface area contributed by atoms with Crippen molar-refractivity contribution in [2.75, 3.05) is 32.1 Å². The molecule has 180 valence electrons. The summed E-state index contributed by atoms with van der Waals surface area (Å²) in [5, 5.41) is 3.27. The first kappa shape index (κ1) is 25.5. The molecule has 7 nitrogen and oxygen atoms in total. The number of amides is 2. The fourth-order valence-electron chi connectivity index (χ4n) is 3.76. The lowest BCUT2D eigenvalue weighted by atomic mass is 10.1. The number of carbonyl (C=O) groups is 2. The molecule has 8 heteroatoms. The van der Waals surface area contributed by atoms with Crippen molar-refractivity contribution in [1.29, 1.82) is 0 Å². The van der Waals surface area contributed by atoms with E-state index in [-0.39, 0.29) is 11.7 Å². The number of hydrogen-bond donors (Lipinski definition) is 1. The molecule has 0 saturated carbocycles. The average Bonchev–Trinajstić information content (AvgIpc) is 3.15. The number of imidazole rings is 1. The van der Waals surface area contributed by atoms with Gasteiger partial charge in [-0.05, 0) is 43.5 Å². The van der Waals surface area contributed by atoms with Gasteiger partial charge >= 0.3 is 0 Å². The third-order valence-corrected chi connectivity index (χ3v) is 5.79. The lowest BCUT2D eigenvalue weighted by Crippen LogP contribution is -2.32. The van der Waals surface area contributed by atoms with Crippen molar-refractivity contribution in [2.24, 2.45) is 0 Å². The molecule has 2 aromatic carbocycles. The van der Waals surface area contributed by atoms with E-state index in [9.17, 15) is 9.59 Å². The first-order valence-electron chi connectivity index (χ1n) is 11.4. The number of aryl methyl sites for hydroxylation is 3. The fourth-order valence-corrected chi connectivity index (χ4v) is 3.88. The molecular weight excluding hydrogens is 452 g/mol. The quantitative estimate of drug-likeness (QED) is 0.307. The Morgan fingerprint density at radius 1 is 1.18 bits per heavy atom. The van der Waals surface area contributed by atoms with Gasteiger partial charge in [-0.2, -0.15) is 0 Å². The summed E-state index contributed by atoms with van der Waals surface area (Å²) < 4.78 is 7.30. The predicted octanol–water partition coefficient (Wildman–Crippen LogP) is 4.36. The molecule has 0 aliphatic carbocycles. The van der Waals surface area contributed by atoms with E-state index in [4.69, 9.17) is 16.3 Å². The number of likely N-dealkylation sites (N-methyl/N-ethyl adjacent to an activating group) is 1. The van der Waals surface area contributed by atoms with Crippen molar-refractivity contribution >= 4 is 29.7 Å². The zero-order chi connectivity index (χ0) is 24.5. The minimum absolute atomic E-state index is 0.229. The normalized spacial score (nSPS) is 10.8. The van der Waals surface area contributed by atoms with E-state index in [1.165, 1.54) is 11.1 Å². The number of carbonyl (C=O) groups excluding carboxylic acids is 2. The number of ether oxygens (including phenoxy) is 1. The Kier molecular flexibility index (Phi) is 9.24. The molecular formula is C26H31ClN4O3. The standard InChI is InChI=1S/C26H31ClN4O3/c1-4-34-15-14-30(3)26(33)24-25(28-18-32)29-23(13-10-20-7-5-6-19(2)16-20)31(24)17-21-8-11-22(27)12-9-21/h5-9,11-12,16,18H,4,10,13-15,17H2,1-3H3,(H,28,32). The molecule has 0 bridgehead atoms. The molecule has 0 spiro atoms. The van der Waals surface area contributed by atoms with Crippen LogP contribution < -0.4 is 5.32 Å². The average molecular weight is 483 g/mol. The van der Waals surface area contributed by atoms with Crippen LogP contribution in [-0.4, -0.2) is 53.6 Å². The second-order valence-electron chi connectivity index (χ2n) is 8.11. The number of anilines is 1. The van der Waals surface area contributed by atoms with Crippen LogP contribution in [0.15, 0.2) is 48.5 Å². The second kappa shape index (κ2) is 12.3. The van der Waals surface area contributed by atoms with Gasteiger partial charge in [-0.1, -0.05) is 53.6 Å². The molecule has 0 aliphatic rings. The van der Waals surface area contributed by atoms with Gasteiger partial charge in [0.2, 0.25) is 6.41 Å². The van der Waals surface area contributed by atoms with E-state index in [0.717, 1.165) is 17.8 Å². The molecule has 1 N–H and O–H groups in total. The maximum atomic E-state index is 13.5. The summed E-state index contributed by atoms with van der Waals surface area (Å²) in [5.41, 5.74) is 3.70. The molecule has 34 heavy (non-hydrogen) atoms. The zero-order valence-electron chi connectivity index (χ0n) is 19.9. The van der Waals surface area contributed by atoms with Crippen LogP contribution in [0.25, 0.3) is 0 Å². The molecule has 1 aromatic heterocycles. The van der Waals surface area contributed by atoms with Gasteiger partial charge in [0.1, 0.15) is 5.82 Å². The first-order chi connectivity index (χ1) is 16.4. The lowest BCUT2D eigenvalue weighted by molar-refractivity contribution is -0.105. The molecule has 2 amide bonds. The lowest BCUT2D eigenvalue weighted by Gasteiger charge is -2.19. The summed E-state index contributed by atoms with van der Waals surface area (Å²) >= 11 is 6.06. The molecule has 0 atom stereocenters. The van der Waals surface area contributed by atoms with Gasteiger partial charge in [0.25, 0.3) is 5.91 Å². The Balaban J connectivity index is 1.98. The topological polar surface area (TPSA) is 76.5 Å². The van der Waals surface area contributed by atoms with E-state index in [1.807, 2.05) is 41.8 Å². The van der Waals surface area contributed by atoms with E-state index < -0.39 is 0 Å². The van der Waals surface area contributed by atoms with Gasteiger partial charge < -0.3 is 19.5 Å². The summed E-state index contributed by atoms with van der Waals surface area (Å²) in [4.78, 5) is 31.1. The maximum Gasteiger partial charge on any atom is 0.274 e. The summed E-state index contributed by atoms with van der Waals surface area (Å²) in [6, 6.07) is 15.8. The highest BCUT2D eigenvalue weighted by Gasteiger charge is 2.25. The largest absolute Gasteiger partial charge is 0.380 e. The van der Waals surface area contributed by atoms with Gasteiger partial charge in [0, 0.05) is 38.2 Å². The van der Waals surface area contributed by atoms with Crippen molar-refractivity contribution < 1.29 is 14.3 Å². The zero-order valence-corrected chi connectivity index (χ0v) is 20.6. The molecule has 0 fully saturated rings. The van der Waals surface area contributed by atoms with Crippen LogP contribution in [-0.2, 0) is 28.9 Å². The van der Waals surface area contributed by atoms with Crippen molar-refractivity contribution in [1.82, 2.24) is 14.5 Å². The van der Waals surface area contributed by atoms with Gasteiger partial charge in [-0.15, -0.1) is 0 Å². The second-order valence-corrected chi connectivity index (χ2v) is 8.55. The molecule has 3 rings (SSSR count). The Morgan fingerprint density at radius 3 is 2.62 bits per heavy atom. The van der Waals surface area contributed by atoms with Crippen LogP contribution in [0.4, 0.5) is 5.82 Å². The van der Waals surface area contributed by atoms with E-state index >= 15 is 0 Å². The molecule has 0 radical (unpaired) electrons. The Bertz CT molecular complexity index is 1110. The molecule has 1 heterocycles. The highest BCUT2D eigenvalue weighted by atomic mass is 35.5. The first-order valence-corrected chi connectivity index (χ1v) is 11.7. The minimum atomic E-state index is -0.229. The van der Waals surface area contributed by atoms with E-state index in [2.05, 4.69) is 35.4 Å². The van der Waals surface area contributed by atoms with Crippen molar-refractivity contribution in [2.45, 2.75) is 33.2 Å². The number of hydrogen-bond acceptors (Lipinski definition) is 4. The Labute approximate surface area is 205 Å². The maximum absolute atomic E-state index is 13.5. The summed E-state index contributed by atoms with van der Waals surface area (Å²) in [6.45, 7) is 5.84. The number of nitrogens with one attached hydrogen (secondary N) is 1. The Morgan fingerprint density at radius 2 is 1.94 bits per heavy atom. The molecule has 0 saturated heterocycles. The minimum Gasteiger partial charge on any atom is -0.380 e. The van der Waals surface area contributed by atoms with Gasteiger partial charge in [-0.3, -0.25) is 9.59 Å². The van der Waals surface area contributed by atoms with E-state index in [1.54, 1.807) is 11.9 Å². The monoisotopic (exact) mass is 482 g/mol. The number of benzene rings is 2. The van der Waals surface area contributed by atoms with Crippen LogP contribution in [0.3, 0.4) is 0 Å². The van der Waals surface area contributed by atoms with Crippen LogP contribution in [0.2, 0.25) is 5.02 Å². The van der Waals surface area contributed by atoms with Gasteiger partial charge in [-0.25, -0.2) is 4.98 Å². The molecule has 0 aliphatic heterocycles. The van der Waals surface area contributed by atoms with Crippen LogP contribution >= 0.6 is 11.6 Å².